The average molecular weight is 320 g/mol. The van der Waals surface area contributed by atoms with Crippen LogP contribution in [0, 0.1) is 11.2 Å². The van der Waals surface area contributed by atoms with Crippen molar-refractivity contribution in [3.8, 4) is 0 Å². The summed E-state index contributed by atoms with van der Waals surface area (Å²) in [5.41, 5.74) is -0.534. The van der Waals surface area contributed by atoms with Gasteiger partial charge in [-0.2, -0.15) is 0 Å². The highest BCUT2D eigenvalue weighted by Gasteiger charge is 2.60. The van der Waals surface area contributed by atoms with Gasteiger partial charge < -0.3 is 9.47 Å². The number of rotatable bonds is 4. The van der Waals surface area contributed by atoms with Gasteiger partial charge in [-0.1, -0.05) is 17.7 Å². The molecule has 1 aliphatic carbocycles. The monoisotopic (exact) mass is 320 g/mol. The van der Waals surface area contributed by atoms with E-state index in [2.05, 4.69) is 0 Å². The Bertz CT molecular complexity index is 676. The fourth-order valence-electron chi connectivity index (χ4n) is 3.28. The highest BCUT2D eigenvalue weighted by molar-refractivity contribution is 6.05. The first-order valence-electron chi connectivity index (χ1n) is 6.99. The van der Waals surface area contributed by atoms with Gasteiger partial charge in [0, 0.05) is 11.5 Å². The van der Waals surface area contributed by atoms with Crippen molar-refractivity contribution in [3.05, 3.63) is 46.8 Å². The van der Waals surface area contributed by atoms with E-state index in [0.717, 1.165) is 14.2 Å². The summed E-state index contributed by atoms with van der Waals surface area (Å²) >= 11 is 0. The molecular weight excluding hydrogens is 303 g/mol. The quantitative estimate of drug-likeness (QED) is 0.483. The van der Waals surface area contributed by atoms with Crippen LogP contribution in [0.1, 0.15) is 24.8 Å². The molecule has 0 radical (unpaired) electrons. The highest BCUT2D eigenvalue weighted by atomic mass is 19.1. The van der Waals surface area contributed by atoms with E-state index in [1.54, 1.807) is 13.0 Å². The predicted octanol–water partition coefficient (Wildman–Crippen LogP) is 2.16. The molecule has 1 aromatic rings. The van der Waals surface area contributed by atoms with Crippen LogP contribution < -0.4 is 0 Å². The zero-order chi connectivity index (χ0) is 17.2. The van der Waals surface area contributed by atoms with Crippen molar-refractivity contribution in [2.75, 3.05) is 14.2 Å². The van der Waals surface area contributed by atoms with Gasteiger partial charge in [-0.05, 0) is 31.0 Å². The lowest BCUT2D eigenvalue weighted by Crippen LogP contribution is -2.44. The molecule has 122 valence electrons. The van der Waals surface area contributed by atoms with E-state index >= 15 is 0 Å². The maximum atomic E-state index is 13.6. The summed E-state index contributed by atoms with van der Waals surface area (Å²) in [6.45, 7) is 1.66. The SMILES string of the molecule is COC(=O)C1(C(=O)OC)CC(C)=C(C=O)[C@@H]1c1cccc(F)c1. The van der Waals surface area contributed by atoms with Gasteiger partial charge in [-0.25, -0.2) is 4.39 Å². The third-order valence-electron chi connectivity index (χ3n) is 4.25. The second kappa shape index (κ2) is 6.32. The van der Waals surface area contributed by atoms with Crippen molar-refractivity contribution in [1.29, 1.82) is 0 Å². The van der Waals surface area contributed by atoms with Gasteiger partial charge >= 0.3 is 11.9 Å². The van der Waals surface area contributed by atoms with Crippen molar-refractivity contribution in [2.45, 2.75) is 19.3 Å². The molecule has 0 unspecified atom stereocenters. The summed E-state index contributed by atoms with van der Waals surface area (Å²) in [7, 11) is 2.31. The highest BCUT2D eigenvalue weighted by Crippen LogP contribution is 2.53. The number of carbonyl (C=O) groups excluding carboxylic acids is 3. The van der Waals surface area contributed by atoms with Crippen molar-refractivity contribution < 1.29 is 28.2 Å². The Morgan fingerprint density at radius 2 is 1.87 bits per heavy atom. The summed E-state index contributed by atoms with van der Waals surface area (Å²) in [6.07, 6.45) is 0.583. The van der Waals surface area contributed by atoms with Crippen LogP contribution in [0.15, 0.2) is 35.4 Å². The van der Waals surface area contributed by atoms with Crippen molar-refractivity contribution in [3.63, 3.8) is 0 Å². The second-order valence-corrected chi connectivity index (χ2v) is 5.47. The summed E-state index contributed by atoms with van der Waals surface area (Å²) in [5.74, 6) is -3.10. The van der Waals surface area contributed by atoms with E-state index in [1.165, 1.54) is 18.2 Å². The number of benzene rings is 1. The molecule has 5 nitrogen and oxygen atoms in total. The van der Waals surface area contributed by atoms with Crippen LogP contribution in [-0.2, 0) is 23.9 Å². The lowest BCUT2D eigenvalue weighted by molar-refractivity contribution is -0.169. The van der Waals surface area contributed by atoms with E-state index in [-0.39, 0.29) is 12.0 Å². The summed E-state index contributed by atoms with van der Waals surface area (Å²) in [5, 5.41) is 0. The van der Waals surface area contributed by atoms with Crippen LogP contribution in [0.25, 0.3) is 0 Å². The number of halogens is 1. The molecule has 0 N–H and O–H groups in total. The smallest absolute Gasteiger partial charge is 0.324 e. The van der Waals surface area contributed by atoms with Gasteiger partial charge in [0.2, 0.25) is 0 Å². The topological polar surface area (TPSA) is 69.7 Å². The predicted molar refractivity (Wildman–Crippen MR) is 79.0 cm³/mol. The third-order valence-corrected chi connectivity index (χ3v) is 4.25. The van der Waals surface area contributed by atoms with Gasteiger partial charge in [-0.15, -0.1) is 0 Å². The molecule has 0 aromatic heterocycles. The summed E-state index contributed by atoms with van der Waals surface area (Å²) in [6, 6.07) is 5.47. The van der Waals surface area contributed by atoms with E-state index in [9.17, 15) is 18.8 Å². The fourth-order valence-corrected chi connectivity index (χ4v) is 3.28. The number of methoxy groups -OCH3 is 2. The molecule has 0 bridgehead atoms. The first-order valence-corrected chi connectivity index (χ1v) is 6.99. The fraction of sp³-hybridized carbons (Fsp3) is 0.353. The van der Waals surface area contributed by atoms with Gasteiger partial charge in [0.15, 0.2) is 5.41 Å². The molecule has 6 heteroatoms. The second-order valence-electron chi connectivity index (χ2n) is 5.47. The van der Waals surface area contributed by atoms with E-state index in [4.69, 9.17) is 9.47 Å². The van der Waals surface area contributed by atoms with E-state index in [1.807, 2.05) is 0 Å². The van der Waals surface area contributed by atoms with E-state index in [0.29, 0.717) is 17.4 Å². The summed E-state index contributed by atoms with van der Waals surface area (Å²) < 4.78 is 23.2. The van der Waals surface area contributed by atoms with Gasteiger partial charge in [0.1, 0.15) is 12.1 Å². The number of hydrogen-bond acceptors (Lipinski definition) is 5. The Labute approximate surface area is 133 Å². The zero-order valence-electron chi connectivity index (χ0n) is 13.1. The number of aldehydes is 1. The van der Waals surface area contributed by atoms with Gasteiger partial charge in [0.05, 0.1) is 14.2 Å². The van der Waals surface area contributed by atoms with Gasteiger partial charge in [0.25, 0.3) is 0 Å². The number of hydrogen-bond donors (Lipinski definition) is 0. The Kier molecular flexibility index (Phi) is 4.63. The Morgan fingerprint density at radius 1 is 1.26 bits per heavy atom. The minimum Gasteiger partial charge on any atom is -0.468 e. The third kappa shape index (κ3) is 2.54. The average Bonchev–Trinajstić information content (AvgIpc) is 2.86. The Morgan fingerprint density at radius 3 is 2.35 bits per heavy atom. The number of carbonyl (C=O) groups is 3. The molecule has 0 spiro atoms. The molecule has 1 atom stereocenters. The van der Waals surface area contributed by atoms with Crippen molar-refractivity contribution in [2.24, 2.45) is 5.41 Å². The van der Waals surface area contributed by atoms with Crippen LogP contribution in [-0.4, -0.2) is 32.4 Å². The normalized spacial score (nSPS) is 19.4. The first-order chi connectivity index (χ1) is 10.9. The number of esters is 2. The minimum atomic E-state index is -1.72. The molecule has 1 aliphatic rings. The molecule has 2 rings (SSSR count). The minimum absolute atomic E-state index is 0.0123. The van der Waals surface area contributed by atoms with Crippen molar-refractivity contribution >= 4 is 18.2 Å². The van der Waals surface area contributed by atoms with Crippen LogP contribution in [0.5, 0.6) is 0 Å². The zero-order valence-corrected chi connectivity index (χ0v) is 13.1. The molecule has 0 saturated heterocycles. The Balaban J connectivity index is 2.73. The largest absolute Gasteiger partial charge is 0.468 e. The first kappa shape index (κ1) is 16.9. The molecule has 23 heavy (non-hydrogen) atoms. The summed E-state index contributed by atoms with van der Waals surface area (Å²) in [4.78, 5) is 36.4. The maximum absolute atomic E-state index is 13.6. The molecule has 1 aromatic carbocycles. The molecule has 0 fully saturated rings. The standard InChI is InChI=1S/C17H17FO5/c1-10-8-17(15(20)22-2,16(21)23-3)14(13(10)9-19)11-5-4-6-12(18)7-11/h4-7,9,14H,8H2,1-3H3/t14-/m0/s1. The Hall–Kier alpha value is -2.50. The van der Waals surface area contributed by atoms with Crippen molar-refractivity contribution in [1.82, 2.24) is 0 Å². The molecule has 0 saturated carbocycles. The number of allylic oxidation sites excluding steroid dienone is 2. The molecule has 0 aliphatic heterocycles. The lowest BCUT2D eigenvalue weighted by atomic mass is 9.71. The van der Waals surface area contributed by atoms with Gasteiger partial charge in [-0.3, -0.25) is 14.4 Å². The van der Waals surface area contributed by atoms with Crippen LogP contribution >= 0.6 is 0 Å². The lowest BCUT2D eigenvalue weighted by Gasteiger charge is -2.31. The molecule has 0 amide bonds. The molecule has 0 heterocycles. The molecular formula is C17H17FO5. The maximum Gasteiger partial charge on any atom is 0.324 e. The van der Waals surface area contributed by atoms with Crippen LogP contribution in [0.2, 0.25) is 0 Å². The number of ether oxygens (including phenoxy) is 2. The van der Waals surface area contributed by atoms with Crippen LogP contribution in [0.4, 0.5) is 4.39 Å². The van der Waals surface area contributed by atoms with Crippen LogP contribution in [0.3, 0.4) is 0 Å². The van der Waals surface area contributed by atoms with E-state index < -0.39 is 29.1 Å².